The Morgan fingerprint density at radius 1 is 0.683 bits per heavy atom. The van der Waals surface area contributed by atoms with E-state index in [1.807, 2.05) is 24.3 Å². The lowest BCUT2D eigenvalue weighted by molar-refractivity contribution is -0.945. The molecule has 0 N–H and O–H groups in total. The van der Waals surface area contributed by atoms with Gasteiger partial charge in [-0.15, -0.1) is 0 Å². The molecule has 5 rings (SSSR count). The molecule has 13 heteroatoms. The summed E-state index contributed by atoms with van der Waals surface area (Å²) < 4.78 is 46.4. The largest absolute Gasteiger partial charge is 0.493 e. The summed E-state index contributed by atoms with van der Waals surface area (Å²) in [5, 5.41) is -0.305. The van der Waals surface area contributed by atoms with E-state index in [0.29, 0.717) is 47.3 Å². The maximum Gasteiger partial charge on any atom is 0.350 e. The number of aryl methyl sites for hydroxylation is 2. The molecule has 0 aromatic heterocycles. The van der Waals surface area contributed by atoms with Crippen LogP contribution in [0.3, 0.4) is 0 Å². The first-order valence-corrected chi connectivity index (χ1v) is 21.3. The summed E-state index contributed by atoms with van der Waals surface area (Å²) in [6, 6.07) is 12.8. The molecule has 0 radical (unpaired) electrons. The first-order chi connectivity index (χ1) is 28.8. The topological polar surface area (TPSA) is 108 Å². The highest BCUT2D eigenvalue weighted by atomic mass is 35.5. The Morgan fingerprint density at radius 3 is 1.78 bits per heavy atom. The minimum Gasteiger partial charge on any atom is -0.493 e. The van der Waals surface area contributed by atoms with Crippen LogP contribution in [0.5, 0.6) is 34.5 Å². The summed E-state index contributed by atoms with van der Waals surface area (Å²) in [7, 11) is 12.0. The second kappa shape index (κ2) is 21.2. The zero-order chi connectivity index (χ0) is 43.5. The average molecular weight is 853 g/mol. The van der Waals surface area contributed by atoms with Crippen molar-refractivity contribution in [2.24, 2.45) is 0 Å². The SMILES string of the molecule is COc1cc(C[C@@H]2c3cc(C)c(C)cc3CC[N@@+]2(C)CCCOC(=O)/C(Cl)=C/C(=O)OCCC[N+]2(Cc3cc(OC)c(OC)c(OC)c3)CCCCC2)cc(OC)c1OC. The van der Waals surface area contributed by atoms with Crippen LogP contribution < -0.4 is 28.4 Å². The molecule has 1 saturated heterocycles. The van der Waals surface area contributed by atoms with Gasteiger partial charge in [0, 0.05) is 42.9 Å². The van der Waals surface area contributed by atoms with Gasteiger partial charge in [-0.3, -0.25) is 0 Å². The van der Waals surface area contributed by atoms with Gasteiger partial charge in [0.2, 0.25) is 11.5 Å². The molecule has 2 aliphatic rings. The number of halogens is 1. The number of quaternary nitrogens is 2. The standard InChI is InChI=1S/C47H65ClN2O10/c1-32-23-36-15-20-49(3,39(37(36)24-33(32)2)25-34-26-40(53-4)45(57-8)41(27-34)54-5)16-13-22-60-47(52)38(48)30-44(51)59-21-14-19-50(17-11-10-12-18-50)31-35-28-42(55-6)46(58-9)43(29-35)56-7/h23-24,26-30,39H,10-22,25,31H2,1-9H3/q+2/b38-30-/t39-,49-/m1/s1. The van der Waals surface area contributed by atoms with Crippen LogP contribution in [0.2, 0.25) is 0 Å². The van der Waals surface area contributed by atoms with Crippen molar-refractivity contribution in [2.75, 3.05) is 95.6 Å². The summed E-state index contributed by atoms with van der Waals surface area (Å²) in [6.07, 6.45) is 7.43. The minimum absolute atomic E-state index is 0.131. The second-order valence-corrected chi connectivity index (χ2v) is 16.7. The van der Waals surface area contributed by atoms with Gasteiger partial charge in [-0.2, -0.15) is 0 Å². The fourth-order valence-corrected chi connectivity index (χ4v) is 9.20. The number of benzene rings is 3. The molecular weight excluding hydrogens is 788 g/mol. The van der Waals surface area contributed by atoms with Crippen LogP contribution in [0.15, 0.2) is 47.5 Å². The number of methoxy groups -OCH3 is 6. The first-order valence-electron chi connectivity index (χ1n) is 20.9. The second-order valence-electron chi connectivity index (χ2n) is 16.3. The van der Waals surface area contributed by atoms with Crippen molar-refractivity contribution in [3.63, 3.8) is 0 Å². The number of piperidine rings is 1. The number of esters is 2. The fraction of sp³-hybridized carbons (Fsp3) is 0.532. The Morgan fingerprint density at radius 2 is 1.22 bits per heavy atom. The van der Waals surface area contributed by atoms with Crippen LogP contribution in [0.25, 0.3) is 0 Å². The van der Waals surface area contributed by atoms with Crippen molar-refractivity contribution in [3.05, 3.63) is 80.9 Å². The molecule has 60 heavy (non-hydrogen) atoms. The van der Waals surface area contributed by atoms with Crippen LogP contribution in [0.4, 0.5) is 0 Å². The molecule has 2 heterocycles. The lowest BCUT2D eigenvalue weighted by Crippen LogP contribution is -2.52. The number of carbonyl (C=O) groups is 2. The molecule has 0 amide bonds. The van der Waals surface area contributed by atoms with E-state index in [2.05, 4.69) is 33.0 Å². The van der Waals surface area contributed by atoms with Crippen LogP contribution >= 0.6 is 11.6 Å². The predicted molar refractivity (Wildman–Crippen MR) is 232 cm³/mol. The molecular formula is C47H65ClN2O10+2. The Labute approximate surface area is 361 Å². The van der Waals surface area contributed by atoms with Crippen molar-refractivity contribution < 1.29 is 56.5 Å². The number of likely N-dealkylation sites (N-methyl/N-ethyl adjacent to an activating group) is 1. The minimum atomic E-state index is -0.747. The number of carbonyl (C=O) groups excluding carboxylic acids is 2. The number of likely N-dealkylation sites (tertiary alicyclic amines) is 1. The van der Waals surface area contributed by atoms with Crippen LogP contribution in [0.1, 0.15) is 71.5 Å². The molecule has 2 aliphatic heterocycles. The quantitative estimate of drug-likeness (QED) is 0.0483. The van der Waals surface area contributed by atoms with Crippen molar-refractivity contribution in [1.29, 1.82) is 0 Å². The molecule has 2 atom stereocenters. The maximum absolute atomic E-state index is 12.9. The van der Waals surface area contributed by atoms with Gasteiger partial charge < -0.3 is 46.9 Å². The van der Waals surface area contributed by atoms with Crippen molar-refractivity contribution in [2.45, 2.75) is 71.4 Å². The van der Waals surface area contributed by atoms with E-state index in [1.165, 1.54) is 28.7 Å². The van der Waals surface area contributed by atoms with Crippen LogP contribution in [-0.2, 0) is 38.4 Å². The molecule has 0 spiro atoms. The third-order valence-electron chi connectivity index (χ3n) is 12.4. The van der Waals surface area contributed by atoms with E-state index < -0.39 is 11.9 Å². The number of hydrogen-bond acceptors (Lipinski definition) is 10. The van der Waals surface area contributed by atoms with Gasteiger partial charge >= 0.3 is 11.9 Å². The predicted octanol–water partition coefficient (Wildman–Crippen LogP) is 7.83. The number of hydrogen-bond donors (Lipinski definition) is 0. The number of nitrogens with zero attached hydrogens (tertiary/aromatic N) is 2. The molecule has 0 aliphatic carbocycles. The fourth-order valence-electron chi connectivity index (χ4n) is 9.06. The Bertz CT molecular complexity index is 1940. The normalized spacial score (nSPS) is 18.5. The summed E-state index contributed by atoms with van der Waals surface area (Å²) in [4.78, 5) is 25.7. The van der Waals surface area contributed by atoms with E-state index in [4.69, 9.17) is 49.5 Å². The van der Waals surface area contributed by atoms with Gasteiger partial charge in [-0.25, -0.2) is 9.59 Å². The van der Waals surface area contributed by atoms with E-state index in [1.54, 1.807) is 42.7 Å². The lowest BCUT2D eigenvalue weighted by atomic mass is 9.84. The van der Waals surface area contributed by atoms with Crippen molar-refractivity contribution in [3.8, 4) is 34.5 Å². The van der Waals surface area contributed by atoms with Crippen molar-refractivity contribution >= 4 is 23.5 Å². The van der Waals surface area contributed by atoms with Gasteiger partial charge in [0.1, 0.15) is 17.6 Å². The highest BCUT2D eigenvalue weighted by Crippen LogP contribution is 2.43. The number of ether oxygens (including phenoxy) is 8. The van der Waals surface area contributed by atoms with E-state index in [-0.39, 0.29) is 24.3 Å². The van der Waals surface area contributed by atoms with Crippen LogP contribution in [-0.4, -0.2) is 117 Å². The zero-order valence-electron chi connectivity index (χ0n) is 37.1. The molecule has 328 valence electrons. The summed E-state index contributed by atoms with van der Waals surface area (Å²) in [6.45, 7) is 10.1. The molecule has 3 aromatic rings. The van der Waals surface area contributed by atoms with Gasteiger partial charge in [0.25, 0.3) is 0 Å². The van der Waals surface area contributed by atoms with Gasteiger partial charge in [-0.05, 0) is 85.7 Å². The smallest absolute Gasteiger partial charge is 0.350 e. The highest BCUT2D eigenvalue weighted by molar-refractivity contribution is 6.42. The first kappa shape index (κ1) is 46.4. The van der Waals surface area contributed by atoms with E-state index in [0.717, 1.165) is 91.1 Å². The van der Waals surface area contributed by atoms with Gasteiger partial charge in [-0.1, -0.05) is 17.7 Å². The molecule has 1 fully saturated rings. The summed E-state index contributed by atoms with van der Waals surface area (Å²) >= 11 is 6.29. The maximum atomic E-state index is 12.9. The highest BCUT2D eigenvalue weighted by Gasteiger charge is 2.39. The third kappa shape index (κ3) is 11.2. The third-order valence-corrected chi connectivity index (χ3v) is 12.7. The monoisotopic (exact) mass is 852 g/mol. The summed E-state index contributed by atoms with van der Waals surface area (Å²) in [5.74, 6) is 2.21. The van der Waals surface area contributed by atoms with E-state index in [9.17, 15) is 9.59 Å². The van der Waals surface area contributed by atoms with Crippen LogP contribution in [0, 0.1) is 13.8 Å². The molecule has 3 aromatic carbocycles. The Balaban J connectivity index is 1.16. The Kier molecular flexibility index (Phi) is 16.4. The molecule has 12 nitrogen and oxygen atoms in total. The Hall–Kier alpha value is -4.65. The van der Waals surface area contributed by atoms with Gasteiger partial charge in [0.15, 0.2) is 23.0 Å². The lowest BCUT2D eigenvalue weighted by Gasteiger charge is -2.46. The van der Waals surface area contributed by atoms with Gasteiger partial charge in [0.05, 0.1) is 95.6 Å². The van der Waals surface area contributed by atoms with E-state index >= 15 is 0 Å². The molecule has 0 bridgehead atoms. The number of rotatable bonds is 20. The molecule has 0 unspecified atom stereocenters. The number of fused-ring (bicyclic) bond motifs is 1. The zero-order valence-corrected chi connectivity index (χ0v) is 37.8. The van der Waals surface area contributed by atoms with Crippen molar-refractivity contribution in [1.82, 2.24) is 0 Å². The average Bonchev–Trinajstić information content (AvgIpc) is 3.25. The molecule has 0 saturated carbocycles. The summed E-state index contributed by atoms with van der Waals surface area (Å²) in [5.41, 5.74) is 7.40.